The van der Waals surface area contributed by atoms with Crippen molar-refractivity contribution in [3.8, 4) is 11.5 Å². The maximum Gasteiger partial charge on any atom is 0.305 e. The molecule has 1 saturated heterocycles. The van der Waals surface area contributed by atoms with Crippen LogP contribution >= 0.6 is 0 Å². The van der Waals surface area contributed by atoms with Gasteiger partial charge in [-0.15, -0.1) is 0 Å². The van der Waals surface area contributed by atoms with Crippen LogP contribution in [0.4, 0.5) is 0 Å². The van der Waals surface area contributed by atoms with Crippen molar-refractivity contribution < 1.29 is 24.9 Å². The second-order valence-electron chi connectivity index (χ2n) is 4.59. The fraction of sp³-hybridized carbons (Fsp3) is 0.385. The molecule has 1 aliphatic heterocycles. The summed E-state index contributed by atoms with van der Waals surface area (Å²) >= 11 is 0. The monoisotopic (exact) mass is 265 g/mol. The second kappa shape index (κ2) is 5.17. The van der Waals surface area contributed by atoms with Gasteiger partial charge in [0.15, 0.2) is 0 Å². The van der Waals surface area contributed by atoms with E-state index in [4.69, 9.17) is 5.11 Å². The maximum atomic E-state index is 12.3. The third kappa shape index (κ3) is 2.78. The fourth-order valence-corrected chi connectivity index (χ4v) is 2.37. The standard InChI is InChI=1S/C13H15NO5/c15-9-3-4-11(16)10(7-9)13(19)14-5-1-2-8(14)6-12(17)18/h3-4,7-8,15-16H,1-2,5-6H2,(H,17,18). The van der Waals surface area contributed by atoms with Gasteiger partial charge in [0.2, 0.25) is 0 Å². The summed E-state index contributed by atoms with van der Waals surface area (Å²) in [4.78, 5) is 24.5. The molecular formula is C13H15NO5. The van der Waals surface area contributed by atoms with E-state index in [0.717, 1.165) is 6.42 Å². The minimum atomic E-state index is -0.954. The van der Waals surface area contributed by atoms with Gasteiger partial charge in [-0.1, -0.05) is 0 Å². The molecule has 0 radical (unpaired) electrons. The van der Waals surface area contributed by atoms with E-state index in [0.29, 0.717) is 13.0 Å². The van der Waals surface area contributed by atoms with Crippen molar-refractivity contribution in [2.75, 3.05) is 6.54 Å². The van der Waals surface area contributed by atoms with Gasteiger partial charge >= 0.3 is 5.97 Å². The number of rotatable bonds is 3. The van der Waals surface area contributed by atoms with E-state index in [1.165, 1.54) is 23.1 Å². The summed E-state index contributed by atoms with van der Waals surface area (Å²) in [6, 6.07) is 3.36. The van der Waals surface area contributed by atoms with Gasteiger partial charge in [-0.3, -0.25) is 9.59 Å². The van der Waals surface area contributed by atoms with Crippen molar-refractivity contribution >= 4 is 11.9 Å². The highest BCUT2D eigenvalue weighted by Crippen LogP contribution is 2.28. The lowest BCUT2D eigenvalue weighted by Gasteiger charge is -2.23. The third-order valence-electron chi connectivity index (χ3n) is 3.26. The van der Waals surface area contributed by atoms with Gasteiger partial charge < -0.3 is 20.2 Å². The Morgan fingerprint density at radius 3 is 2.74 bits per heavy atom. The van der Waals surface area contributed by atoms with Crippen LogP contribution in [0.2, 0.25) is 0 Å². The number of carbonyl (C=O) groups excluding carboxylic acids is 1. The Balaban J connectivity index is 2.23. The molecule has 19 heavy (non-hydrogen) atoms. The second-order valence-corrected chi connectivity index (χ2v) is 4.59. The number of aromatic hydroxyl groups is 2. The van der Waals surface area contributed by atoms with Gasteiger partial charge in [0, 0.05) is 12.6 Å². The number of carboxylic acids is 1. The van der Waals surface area contributed by atoms with Crippen LogP contribution < -0.4 is 0 Å². The van der Waals surface area contributed by atoms with Crippen LogP contribution in [0.25, 0.3) is 0 Å². The summed E-state index contributed by atoms with van der Waals surface area (Å²) in [6.07, 6.45) is 1.27. The Hall–Kier alpha value is -2.24. The van der Waals surface area contributed by atoms with E-state index >= 15 is 0 Å². The Labute approximate surface area is 109 Å². The molecule has 6 nitrogen and oxygen atoms in total. The molecule has 1 aromatic rings. The highest BCUT2D eigenvalue weighted by Gasteiger charge is 2.32. The number of phenolic OH excluding ortho intramolecular Hbond substituents is 2. The Kier molecular flexibility index (Phi) is 3.59. The average molecular weight is 265 g/mol. The number of carbonyl (C=O) groups is 2. The first-order valence-electron chi connectivity index (χ1n) is 6.04. The number of hydrogen-bond acceptors (Lipinski definition) is 4. The lowest BCUT2D eigenvalue weighted by molar-refractivity contribution is -0.137. The Morgan fingerprint density at radius 2 is 2.05 bits per heavy atom. The topological polar surface area (TPSA) is 98.1 Å². The molecule has 0 spiro atoms. The van der Waals surface area contributed by atoms with E-state index in [9.17, 15) is 19.8 Å². The summed E-state index contributed by atoms with van der Waals surface area (Å²) in [6.45, 7) is 0.464. The quantitative estimate of drug-likeness (QED) is 0.713. The minimum Gasteiger partial charge on any atom is -0.508 e. The number of nitrogens with zero attached hydrogens (tertiary/aromatic N) is 1. The zero-order chi connectivity index (χ0) is 14.0. The molecule has 1 fully saturated rings. The van der Waals surface area contributed by atoms with Gasteiger partial charge in [-0.25, -0.2) is 0 Å². The Bertz CT molecular complexity index is 514. The number of amides is 1. The molecule has 1 unspecified atom stereocenters. The molecule has 0 aromatic heterocycles. The van der Waals surface area contributed by atoms with E-state index in [1.54, 1.807) is 0 Å². The smallest absolute Gasteiger partial charge is 0.305 e. The number of carboxylic acid groups (broad SMARTS) is 1. The van der Waals surface area contributed by atoms with Gasteiger partial charge in [0.25, 0.3) is 5.91 Å². The lowest BCUT2D eigenvalue weighted by atomic mass is 10.1. The molecule has 1 amide bonds. The first kappa shape index (κ1) is 13.2. The number of benzene rings is 1. The first-order chi connectivity index (χ1) is 8.99. The van der Waals surface area contributed by atoms with E-state index < -0.39 is 11.9 Å². The molecule has 0 bridgehead atoms. The van der Waals surface area contributed by atoms with Crippen molar-refractivity contribution in [2.24, 2.45) is 0 Å². The van der Waals surface area contributed by atoms with Crippen molar-refractivity contribution in [3.63, 3.8) is 0 Å². The highest BCUT2D eigenvalue weighted by molar-refractivity contribution is 5.97. The van der Waals surface area contributed by atoms with Gasteiger partial charge in [0.1, 0.15) is 11.5 Å². The van der Waals surface area contributed by atoms with Crippen molar-refractivity contribution in [3.05, 3.63) is 23.8 Å². The van der Waals surface area contributed by atoms with E-state index in [-0.39, 0.29) is 29.5 Å². The predicted molar refractivity (Wildman–Crippen MR) is 66.1 cm³/mol. The normalized spacial score (nSPS) is 18.5. The van der Waals surface area contributed by atoms with Crippen LogP contribution in [0.5, 0.6) is 11.5 Å². The van der Waals surface area contributed by atoms with Gasteiger partial charge in [-0.2, -0.15) is 0 Å². The van der Waals surface area contributed by atoms with Crippen LogP contribution in [0, 0.1) is 0 Å². The molecule has 0 saturated carbocycles. The zero-order valence-corrected chi connectivity index (χ0v) is 10.2. The van der Waals surface area contributed by atoms with Crippen LogP contribution in [0.1, 0.15) is 29.6 Å². The van der Waals surface area contributed by atoms with Crippen LogP contribution in [0.15, 0.2) is 18.2 Å². The predicted octanol–water partition coefficient (Wildman–Crippen LogP) is 1.18. The van der Waals surface area contributed by atoms with Gasteiger partial charge in [-0.05, 0) is 31.0 Å². The molecule has 1 aliphatic rings. The fourth-order valence-electron chi connectivity index (χ4n) is 2.37. The molecule has 2 rings (SSSR count). The Morgan fingerprint density at radius 1 is 1.32 bits per heavy atom. The van der Waals surface area contributed by atoms with Crippen LogP contribution in [-0.2, 0) is 4.79 Å². The first-order valence-corrected chi connectivity index (χ1v) is 6.04. The summed E-state index contributed by atoms with van der Waals surface area (Å²) in [7, 11) is 0. The van der Waals surface area contributed by atoms with Crippen molar-refractivity contribution in [1.82, 2.24) is 4.90 Å². The van der Waals surface area contributed by atoms with E-state index in [2.05, 4.69) is 0 Å². The molecule has 6 heteroatoms. The highest BCUT2D eigenvalue weighted by atomic mass is 16.4. The van der Waals surface area contributed by atoms with Crippen LogP contribution in [0.3, 0.4) is 0 Å². The molecule has 0 aliphatic carbocycles. The molecule has 3 N–H and O–H groups in total. The summed E-state index contributed by atoms with van der Waals surface area (Å²) in [5, 5.41) is 27.8. The van der Waals surface area contributed by atoms with Crippen LogP contribution in [-0.4, -0.2) is 44.7 Å². The summed E-state index contributed by atoms with van der Waals surface area (Å²) < 4.78 is 0. The molecular weight excluding hydrogens is 250 g/mol. The lowest BCUT2D eigenvalue weighted by Crippen LogP contribution is -2.36. The maximum absolute atomic E-state index is 12.3. The molecule has 102 valence electrons. The van der Waals surface area contributed by atoms with Crippen molar-refractivity contribution in [2.45, 2.75) is 25.3 Å². The van der Waals surface area contributed by atoms with E-state index in [1.807, 2.05) is 0 Å². The largest absolute Gasteiger partial charge is 0.508 e. The zero-order valence-electron chi connectivity index (χ0n) is 10.2. The number of hydrogen-bond donors (Lipinski definition) is 3. The minimum absolute atomic E-state index is 0.00251. The van der Waals surface area contributed by atoms with Gasteiger partial charge in [0.05, 0.1) is 12.0 Å². The molecule has 1 atom stereocenters. The third-order valence-corrected chi connectivity index (χ3v) is 3.26. The average Bonchev–Trinajstić information content (AvgIpc) is 2.78. The number of aliphatic carboxylic acids is 1. The number of phenols is 2. The number of likely N-dealkylation sites (tertiary alicyclic amines) is 1. The molecule has 1 aromatic carbocycles. The summed E-state index contributed by atoms with van der Waals surface area (Å²) in [5.41, 5.74) is -0.00251. The van der Waals surface area contributed by atoms with Crippen molar-refractivity contribution in [1.29, 1.82) is 0 Å². The summed E-state index contributed by atoms with van der Waals surface area (Å²) in [5.74, 6) is -1.74. The SMILES string of the molecule is O=C(O)CC1CCCN1C(=O)c1cc(O)ccc1O. The molecule has 1 heterocycles.